The van der Waals surface area contributed by atoms with E-state index in [9.17, 15) is 8.42 Å². The zero-order valence-electron chi connectivity index (χ0n) is 2.96. The first-order valence-corrected chi connectivity index (χ1v) is 2.34. The van der Waals surface area contributed by atoms with E-state index in [0.717, 1.165) is 0 Å². The summed E-state index contributed by atoms with van der Waals surface area (Å²) in [6.45, 7) is -0.265. The molecule has 6 heavy (non-hydrogen) atoms. The van der Waals surface area contributed by atoms with Crippen LogP contribution in [-0.2, 0) is 15.2 Å². The Morgan fingerprint density at radius 3 is 2.17 bits per heavy atom. The van der Waals surface area contributed by atoms with E-state index < -0.39 is 11.0 Å². The standard InChI is InChI=1S/CH5NO3S/c2-1-5-6(3)4/h6H,1-2H2. The summed E-state index contributed by atoms with van der Waals surface area (Å²) >= 11 is 0. The predicted octanol–water partition coefficient (Wildman–Crippen LogP) is -1.55. The van der Waals surface area contributed by atoms with Crippen LogP contribution < -0.4 is 5.73 Å². The highest BCUT2D eigenvalue weighted by Gasteiger charge is 1.72. The minimum atomic E-state index is -2.73. The van der Waals surface area contributed by atoms with Crippen LogP contribution in [0.3, 0.4) is 0 Å². The van der Waals surface area contributed by atoms with E-state index in [0.29, 0.717) is 0 Å². The Bertz CT molecular complexity index is 78.8. The number of nitrogens with two attached hydrogens (primary N) is 1. The number of hydrogen-bond donors (Lipinski definition) is 2. The smallest absolute Gasteiger partial charge is 0.258 e. The summed E-state index contributed by atoms with van der Waals surface area (Å²) in [6.07, 6.45) is 0. The fraction of sp³-hybridized carbons (Fsp3) is 1.00. The van der Waals surface area contributed by atoms with Crippen LogP contribution in [0.1, 0.15) is 0 Å². The van der Waals surface area contributed by atoms with Gasteiger partial charge in [0.2, 0.25) is 0 Å². The van der Waals surface area contributed by atoms with Crippen molar-refractivity contribution < 1.29 is 12.6 Å². The van der Waals surface area contributed by atoms with Crippen molar-refractivity contribution in [2.75, 3.05) is 6.73 Å². The van der Waals surface area contributed by atoms with Gasteiger partial charge in [-0.05, 0) is 0 Å². The molecule has 0 aliphatic heterocycles. The lowest BCUT2D eigenvalue weighted by molar-refractivity contribution is 0.345. The molecule has 0 saturated carbocycles. The maximum Gasteiger partial charge on any atom is 0.258 e. The van der Waals surface area contributed by atoms with Crippen molar-refractivity contribution in [3.05, 3.63) is 0 Å². The second kappa shape index (κ2) is 3.08. The van der Waals surface area contributed by atoms with Crippen molar-refractivity contribution in [1.29, 1.82) is 0 Å². The van der Waals surface area contributed by atoms with Crippen LogP contribution >= 0.6 is 0 Å². The Morgan fingerprint density at radius 1 is 1.67 bits per heavy atom. The molecule has 38 valence electrons. The molecular formula is CH5NO3S. The van der Waals surface area contributed by atoms with Gasteiger partial charge in [-0.2, -0.15) is 0 Å². The molecule has 0 aliphatic carbocycles. The second-order valence-corrected chi connectivity index (χ2v) is 1.22. The second-order valence-electron chi connectivity index (χ2n) is 0.519. The molecule has 0 amide bonds. The molecule has 0 aromatic carbocycles. The fourth-order valence-electron chi connectivity index (χ4n) is 0.0609. The summed E-state index contributed by atoms with van der Waals surface area (Å²) in [5.74, 6) is 0. The predicted molar refractivity (Wildman–Crippen MR) is 20.5 cm³/mol. The molecule has 5 heteroatoms. The lowest BCUT2D eigenvalue weighted by atomic mass is 11.4. The zero-order chi connectivity index (χ0) is 4.99. The van der Waals surface area contributed by atoms with E-state index >= 15 is 0 Å². The van der Waals surface area contributed by atoms with Gasteiger partial charge in [-0.15, -0.1) is 0 Å². The number of rotatable bonds is 2. The van der Waals surface area contributed by atoms with Crippen molar-refractivity contribution in [3.63, 3.8) is 0 Å². The first kappa shape index (κ1) is 5.87. The highest BCUT2D eigenvalue weighted by Crippen LogP contribution is 1.59. The summed E-state index contributed by atoms with van der Waals surface area (Å²) in [5, 5.41) is 0. The topological polar surface area (TPSA) is 69.4 Å². The molecule has 0 atom stereocenters. The molecule has 4 nitrogen and oxygen atoms in total. The van der Waals surface area contributed by atoms with Gasteiger partial charge < -0.3 is 5.73 Å². The van der Waals surface area contributed by atoms with Crippen LogP contribution in [-0.4, -0.2) is 15.1 Å². The SMILES string of the molecule is NCO[SH](=O)=O. The molecule has 0 heterocycles. The van der Waals surface area contributed by atoms with Crippen molar-refractivity contribution in [1.82, 2.24) is 0 Å². The van der Waals surface area contributed by atoms with Crippen LogP contribution in [0.5, 0.6) is 0 Å². The summed E-state index contributed by atoms with van der Waals surface area (Å²) < 4.78 is 22.4. The highest BCUT2D eigenvalue weighted by atomic mass is 32.2. The third-order valence-corrected chi connectivity index (χ3v) is 0.540. The molecule has 0 aromatic rings. The van der Waals surface area contributed by atoms with Crippen molar-refractivity contribution in [3.8, 4) is 0 Å². The Balaban J connectivity index is 3.07. The Hall–Kier alpha value is -0.130. The van der Waals surface area contributed by atoms with Crippen LogP contribution in [0.15, 0.2) is 0 Å². The highest BCUT2D eigenvalue weighted by molar-refractivity contribution is 7.67. The first-order valence-electron chi connectivity index (χ1n) is 1.24. The number of thiol groups is 1. The Labute approximate surface area is 37.1 Å². The van der Waals surface area contributed by atoms with Gasteiger partial charge in [0.1, 0.15) is 6.73 Å². The summed E-state index contributed by atoms with van der Waals surface area (Å²) in [4.78, 5) is 0. The van der Waals surface area contributed by atoms with E-state index in [-0.39, 0.29) is 6.73 Å². The van der Waals surface area contributed by atoms with Gasteiger partial charge in [0.15, 0.2) is 0 Å². The maximum atomic E-state index is 9.33. The Morgan fingerprint density at radius 2 is 2.17 bits per heavy atom. The number of hydrogen-bond acceptors (Lipinski definition) is 4. The van der Waals surface area contributed by atoms with E-state index in [1.165, 1.54) is 0 Å². The summed E-state index contributed by atoms with van der Waals surface area (Å²) in [6, 6.07) is 0. The lowest BCUT2D eigenvalue weighted by Gasteiger charge is -1.78. The van der Waals surface area contributed by atoms with Crippen molar-refractivity contribution in [2.24, 2.45) is 5.73 Å². The van der Waals surface area contributed by atoms with Gasteiger partial charge in [-0.25, -0.2) is 8.42 Å². The summed E-state index contributed by atoms with van der Waals surface area (Å²) in [7, 11) is -2.73. The molecule has 0 unspecified atom stereocenters. The van der Waals surface area contributed by atoms with E-state index in [4.69, 9.17) is 0 Å². The van der Waals surface area contributed by atoms with Crippen LogP contribution in [0.4, 0.5) is 0 Å². The molecule has 0 spiro atoms. The molecule has 0 rings (SSSR count). The molecule has 0 aromatic heterocycles. The molecule has 0 saturated heterocycles. The molecule has 0 bridgehead atoms. The van der Waals surface area contributed by atoms with Gasteiger partial charge in [0.05, 0.1) is 0 Å². The van der Waals surface area contributed by atoms with E-state index in [2.05, 4.69) is 9.92 Å². The average molecular weight is 111 g/mol. The molecular weight excluding hydrogens is 106 g/mol. The first-order chi connectivity index (χ1) is 2.77. The van der Waals surface area contributed by atoms with Crippen LogP contribution in [0, 0.1) is 0 Å². The molecule has 0 fully saturated rings. The normalized spacial score (nSPS) is 9.67. The zero-order valence-corrected chi connectivity index (χ0v) is 3.85. The van der Waals surface area contributed by atoms with Crippen LogP contribution in [0.25, 0.3) is 0 Å². The minimum absolute atomic E-state index is 0.265. The van der Waals surface area contributed by atoms with Gasteiger partial charge in [0, 0.05) is 0 Å². The van der Waals surface area contributed by atoms with Gasteiger partial charge in [-0.3, -0.25) is 4.18 Å². The largest absolute Gasteiger partial charge is 0.307 e. The molecule has 2 N–H and O–H groups in total. The third kappa shape index (κ3) is 3.87. The third-order valence-electron chi connectivity index (χ3n) is 0.180. The minimum Gasteiger partial charge on any atom is -0.307 e. The average Bonchev–Trinajstić information content (AvgIpc) is 1.35. The Kier molecular flexibility index (Phi) is 3.01. The summed E-state index contributed by atoms with van der Waals surface area (Å²) in [5.41, 5.74) is 4.62. The quantitative estimate of drug-likeness (QED) is 0.334. The van der Waals surface area contributed by atoms with Crippen LogP contribution in [0.2, 0.25) is 0 Å². The van der Waals surface area contributed by atoms with Gasteiger partial charge in [0.25, 0.3) is 11.0 Å². The molecule has 0 radical (unpaired) electrons. The van der Waals surface area contributed by atoms with E-state index in [1.807, 2.05) is 0 Å². The maximum absolute atomic E-state index is 9.33. The van der Waals surface area contributed by atoms with E-state index in [1.54, 1.807) is 0 Å². The van der Waals surface area contributed by atoms with Crippen molar-refractivity contribution in [2.45, 2.75) is 0 Å². The van der Waals surface area contributed by atoms with Gasteiger partial charge >= 0.3 is 0 Å². The monoisotopic (exact) mass is 111 g/mol. The van der Waals surface area contributed by atoms with Crippen molar-refractivity contribution >= 4 is 11.0 Å². The lowest BCUT2D eigenvalue weighted by Crippen LogP contribution is -2.01. The van der Waals surface area contributed by atoms with Gasteiger partial charge in [-0.1, -0.05) is 0 Å². The fourth-order valence-corrected chi connectivity index (χ4v) is 0.183. The molecule has 0 aliphatic rings.